The summed E-state index contributed by atoms with van der Waals surface area (Å²) in [6.07, 6.45) is 2.59. The molecule has 3 rings (SSSR count). The minimum atomic E-state index is -0.244. The van der Waals surface area contributed by atoms with E-state index in [0.29, 0.717) is 48.6 Å². The van der Waals surface area contributed by atoms with Gasteiger partial charge >= 0.3 is 0 Å². The Hall–Kier alpha value is -1.70. The maximum atomic E-state index is 13.0. The predicted molar refractivity (Wildman–Crippen MR) is 139 cm³/mol. The highest BCUT2D eigenvalue weighted by atomic mass is 35.5. The Morgan fingerprint density at radius 3 is 2.41 bits per heavy atom. The van der Waals surface area contributed by atoms with Gasteiger partial charge in [-0.25, -0.2) is 0 Å². The summed E-state index contributed by atoms with van der Waals surface area (Å²) in [7, 11) is 1.67. The van der Waals surface area contributed by atoms with Crippen molar-refractivity contribution < 1.29 is 19.0 Å². The van der Waals surface area contributed by atoms with Crippen LogP contribution in [0, 0.1) is 12.8 Å². The Morgan fingerprint density at radius 1 is 1.15 bits per heavy atom. The molecule has 0 radical (unpaired) electrons. The van der Waals surface area contributed by atoms with E-state index in [9.17, 15) is 4.79 Å². The smallest absolute Gasteiger partial charge is 0.227 e. The number of methoxy groups -OCH3 is 1. The van der Waals surface area contributed by atoms with Crippen molar-refractivity contribution in [2.45, 2.75) is 32.2 Å². The molecule has 2 N–H and O–H groups in total. The summed E-state index contributed by atoms with van der Waals surface area (Å²) in [5.74, 6) is 1.06. The van der Waals surface area contributed by atoms with Gasteiger partial charge in [0, 0.05) is 20.2 Å². The summed E-state index contributed by atoms with van der Waals surface area (Å²) in [6, 6.07) is 11.5. The average molecular weight is 532 g/mol. The van der Waals surface area contributed by atoms with E-state index in [0.717, 1.165) is 36.3 Å². The molecule has 2 atom stereocenters. The lowest BCUT2D eigenvalue weighted by molar-refractivity contribution is -0.136. The number of likely N-dealkylation sites (tertiary alicyclic amines) is 1. The molecule has 1 aliphatic rings. The molecule has 1 amide bonds. The molecule has 1 aliphatic heterocycles. The Kier molecular flexibility index (Phi) is 11.8. The van der Waals surface area contributed by atoms with Crippen molar-refractivity contribution in [1.82, 2.24) is 4.90 Å². The van der Waals surface area contributed by atoms with Crippen molar-refractivity contribution in [3.63, 3.8) is 0 Å². The highest BCUT2D eigenvalue weighted by Gasteiger charge is 2.32. The van der Waals surface area contributed by atoms with Crippen LogP contribution in [0.25, 0.3) is 0 Å². The second kappa shape index (κ2) is 14.0. The van der Waals surface area contributed by atoms with Gasteiger partial charge in [-0.2, -0.15) is 0 Å². The van der Waals surface area contributed by atoms with Gasteiger partial charge in [0.2, 0.25) is 5.91 Å². The van der Waals surface area contributed by atoms with Gasteiger partial charge in [-0.15, -0.1) is 12.4 Å². The molecule has 0 aliphatic carbocycles. The topological polar surface area (TPSA) is 74.0 Å². The van der Waals surface area contributed by atoms with Crippen molar-refractivity contribution in [2.24, 2.45) is 11.7 Å². The number of carbonyl (C=O) groups is 1. The molecule has 0 bridgehead atoms. The van der Waals surface area contributed by atoms with E-state index in [1.165, 1.54) is 0 Å². The lowest BCUT2D eigenvalue weighted by Gasteiger charge is -2.28. The van der Waals surface area contributed by atoms with E-state index >= 15 is 0 Å². The summed E-state index contributed by atoms with van der Waals surface area (Å²) < 4.78 is 16.7. The van der Waals surface area contributed by atoms with E-state index in [1.54, 1.807) is 7.11 Å². The molecule has 0 aromatic heterocycles. The number of amides is 1. The summed E-state index contributed by atoms with van der Waals surface area (Å²) in [5, 5.41) is 0.964. The first-order valence-electron chi connectivity index (χ1n) is 11.2. The number of nitrogens with zero attached hydrogens (tertiary/aromatic N) is 1. The van der Waals surface area contributed by atoms with Crippen LogP contribution < -0.4 is 15.2 Å². The lowest BCUT2D eigenvalue weighted by atomic mass is 9.97. The molecule has 0 spiro atoms. The van der Waals surface area contributed by atoms with Gasteiger partial charge in [0.25, 0.3) is 0 Å². The van der Waals surface area contributed by atoms with Crippen LogP contribution in [0.3, 0.4) is 0 Å². The Labute approximate surface area is 218 Å². The van der Waals surface area contributed by atoms with Gasteiger partial charge in [-0.05, 0) is 61.6 Å². The number of hydrogen-bond donors (Lipinski definition) is 1. The molecule has 188 valence electrons. The first-order valence-corrected chi connectivity index (χ1v) is 12.0. The maximum Gasteiger partial charge on any atom is 0.227 e. The van der Waals surface area contributed by atoms with Crippen LogP contribution in [0.4, 0.5) is 0 Å². The second-order valence-corrected chi connectivity index (χ2v) is 9.13. The fourth-order valence-electron chi connectivity index (χ4n) is 4.13. The van der Waals surface area contributed by atoms with Crippen molar-refractivity contribution in [3.8, 4) is 11.5 Å². The van der Waals surface area contributed by atoms with Crippen molar-refractivity contribution in [2.75, 3.05) is 40.0 Å². The maximum absolute atomic E-state index is 13.0. The number of rotatable bonds is 11. The number of hydrogen-bond acceptors (Lipinski definition) is 5. The molecule has 2 aromatic rings. The van der Waals surface area contributed by atoms with Gasteiger partial charge in [-0.3, -0.25) is 4.79 Å². The SMILES string of the molecule is COC[C@H]1CCCN1C(=O)C(CN)Cc1ccc(OCCOc2c(Cl)cc(C)cc2Cl)cc1.Cl. The minimum Gasteiger partial charge on any atom is -0.490 e. The molecular formula is C25H33Cl3N2O4. The first kappa shape index (κ1) is 28.5. The van der Waals surface area contributed by atoms with Crippen molar-refractivity contribution >= 4 is 41.5 Å². The van der Waals surface area contributed by atoms with Crippen LogP contribution in [0.1, 0.15) is 24.0 Å². The van der Waals surface area contributed by atoms with Gasteiger partial charge in [-0.1, -0.05) is 35.3 Å². The highest BCUT2D eigenvalue weighted by molar-refractivity contribution is 6.37. The number of nitrogens with two attached hydrogens (primary N) is 1. The molecule has 2 aromatic carbocycles. The van der Waals surface area contributed by atoms with E-state index in [4.69, 9.17) is 43.1 Å². The van der Waals surface area contributed by atoms with E-state index < -0.39 is 0 Å². The summed E-state index contributed by atoms with van der Waals surface area (Å²) in [6.45, 7) is 4.24. The zero-order chi connectivity index (χ0) is 23.8. The second-order valence-electron chi connectivity index (χ2n) is 8.32. The molecule has 1 saturated heterocycles. The number of ether oxygens (including phenoxy) is 3. The highest BCUT2D eigenvalue weighted by Crippen LogP contribution is 2.34. The van der Waals surface area contributed by atoms with Gasteiger partial charge in [0.15, 0.2) is 5.75 Å². The van der Waals surface area contributed by atoms with Crippen LogP contribution in [-0.4, -0.2) is 56.9 Å². The predicted octanol–water partition coefficient (Wildman–Crippen LogP) is 4.94. The van der Waals surface area contributed by atoms with Crippen molar-refractivity contribution in [3.05, 3.63) is 57.6 Å². The summed E-state index contributed by atoms with van der Waals surface area (Å²) in [5.41, 5.74) is 7.98. The van der Waals surface area contributed by atoms with Crippen LogP contribution >= 0.6 is 35.6 Å². The Balaban J connectivity index is 0.00000408. The molecular weight excluding hydrogens is 499 g/mol. The Bertz CT molecular complexity index is 904. The third-order valence-electron chi connectivity index (χ3n) is 5.80. The molecule has 0 saturated carbocycles. The average Bonchev–Trinajstić information content (AvgIpc) is 3.25. The van der Waals surface area contributed by atoms with E-state index in [-0.39, 0.29) is 30.3 Å². The van der Waals surface area contributed by atoms with Gasteiger partial charge in [0.1, 0.15) is 19.0 Å². The molecule has 34 heavy (non-hydrogen) atoms. The summed E-state index contributed by atoms with van der Waals surface area (Å²) in [4.78, 5) is 15.0. The summed E-state index contributed by atoms with van der Waals surface area (Å²) >= 11 is 12.4. The van der Waals surface area contributed by atoms with Crippen LogP contribution in [0.5, 0.6) is 11.5 Å². The molecule has 6 nitrogen and oxygen atoms in total. The normalized spacial score (nSPS) is 16.1. The molecule has 1 unspecified atom stereocenters. The van der Waals surface area contributed by atoms with Gasteiger partial charge < -0.3 is 24.8 Å². The fourth-order valence-corrected chi connectivity index (χ4v) is 4.84. The minimum absolute atomic E-state index is 0. The molecule has 9 heteroatoms. The number of halogens is 3. The first-order chi connectivity index (χ1) is 15.9. The van der Waals surface area contributed by atoms with E-state index in [1.807, 2.05) is 48.2 Å². The fraction of sp³-hybridized carbons (Fsp3) is 0.480. The lowest BCUT2D eigenvalue weighted by Crippen LogP contribution is -2.44. The van der Waals surface area contributed by atoms with Crippen LogP contribution in [-0.2, 0) is 16.0 Å². The number of benzene rings is 2. The standard InChI is InChI=1S/C25H32Cl2N2O4.ClH/c1-17-12-22(26)24(23(27)13-17)33-11-10-32-21-7-5-18(6-8-21)14-19(15-28)25(30)29-9-3-4-20(29)16-31-2;/h5-8,12-13,19-20H,3-4,9-11,14-16,28H2,1-2H3;1H/t19?,20-;/m1./s1. The quantitative estimate of drug-likeness (QED) is 0.416. The van der Waals surface area contributed by atoms with Gasteiger partial charge in [0.05, 0.1) is 28.6 Å². The monoisotopic (exact) mass is 530 g/mol. The van der Waals surface area contributed by atoms with Crippen LogP contribution in [0.15, 0.2) is 36.4 Å². The molecule has 1 heterocycles. The number of aryl methyl sites for hydroxylation is 1. The Morgan fingerprint density at radius 2 is 1.79 bits per heavy atom. The zero-order valence-corrected chi connectivity index (χ0v) is 21.9. The third kappa shape index (κ3) is 7.65. The number of carbonyl (C=O) groups excluding carboxylic acids is 1. The van der Waals surface area contributed by atoms with Crippen molar-refractivity contribution in [1.29, 1.82) is 0 Å². The largest absolute Gasteiger partial charge is 0.490 e. The zero-order valence-electron chi connectivity index (χ0n) is 19.6. The van der Waals surface area contributed by atoms with E-state index in [2.05, 4.69) is 0 Å². The molecule has 1 fully saturated rings. The van der Waals surface area contributed by atoms with Crippen LogP contribution in [0.2, 0.25) is 10.0 Å². The third-order valence-corrected chi connectivity index (χ3v) is 6.36.